The summed E-state index contributed by atoms with van der Waals surface area (Å²) < 4.78 is 4.86. The van der Waals surface area contributed by atoms with Crippen molar-refractivity contribution >= 4 is 52.4 Å². The Labute approximate surface area is 172 Å². The van der Waals surface area contributed by atoms with Crippen molar-refractivity contribution in [2.24, 2.45) is 0 Å². The molecule has 0 aliphatic carbocycles. The molecule has 2 aromatic carbocycles. The number of carbonyl (C=O) groups excluding carboxylic acids is 4. The maximum Gasteiger partial charge on any atom is 0.306 e. The summed E-state index contributed by atoms with van der Waals surface area (Å²) >= 11 is 5.83. The fourth-order valence-electron chi connectivity index (χ4n) is 2.26. The highest BCUT2D eigenvalue weighted by Gasteiger charge is 2.11. The van der Waals surface area contributed by atoms with Crippen molar-refractivity contribution in [3.63, 3.8) is 0 Å². The van der Waals surface area contributed by atoms with Crippen LogP contribution in [0.15, 0.2) is 48.5 Å². The van der Waals surface area contributed by atoms with E-state index in [4.69, 9.17) is 16.3 Å². The molecular formula is C20H20ClN3O5. The molecule has 3 amide bonds. The van der Waals surface area contributed by atoms with Crippen LogP contribution in [0.5, 0.6) is 0 Å². The van der Waals surface area contributed by atoms with E-state index in [0.29, 0.717) is 22.1 Å². The molecule has 0 fully saturated rings. The smallest absolute Gasteiger partial charge is 0.306 e. The lowest BCUT2D eigenvalue weighted by Gasteiger charge is -2.08. The largest absolute Gasteiger partial charge is 0.456 e. The monoisotopic (exact) mass is 417 g/mol. The van der Waals surface area contributed by atoms with Crippen LogP contribution < -0.4 is 16.0 Å². The van der Waals surface area contributed by atoms with Crippen molar-refractivity contribution in [2.45, 2.75) is 19.8 Å². The summed E-state index contributed by atoms with van der Waals surface area (Å²) in [7, 11) is 0. The molecule has 0 spiro atoms. The fraction of sp³-hybridized carbons (Fsp3) is 0.200. The first-order valence-corrected chi connectivity index (χ1v) is 9.08. The van der Waals surface area contributed by atoms with Gasteiger partial charge in [0, 0.05) is 35.4 Å². The minimum absolute atomic E-state index is 0.0857. The average Bonchev–Trinajstić information content (AvgIpc) is 2.66. The van der Waals surface area contributed by atoms with Crippen LogP contribution in [0, 0.1) is 0 Å². The standard InChI is InChI=1S/C20H20ClN3O5/c1-13(25)22-15-5-7-16(8-6-15)23-19(27)12-29-20(28)10-9-18(26)24-17-4-2-3-14(21)11-17/h2-8,11H,9-10,12H2,1H3,(H,22,25)(H,23,27)(H,24,26). The quantitative estimate of drug-likeness (QED) is 0.571. The van der Waals surface area contributed by atoms with Crippen LogP contribution in [0.3, 0.4) is 0 Å². The molecule has 0 aromatic heterocycles. The Balaban J connectivity index is 1.68. The summed E-state index contributed by atoms with van der Waals surface area (Å²) in [6, 6.07) is 13.1. The van der Waals surface area contributed by atoms with Gasteiger partial charge < -0.3 is 20.7 Å². The number of hydrogen-bond acceptors (Lipinski definition) is 5. The summed E-state index contributed by atoms with van der Waals surface area (Å²) in [5.74, 6) is -1.75. The van der Waals surface area contributed by atoms with Crippen LogP contribution in [0.2, 0.25) is 5.02 Å². The minimum Gasteiger partial charge on any atom is -0.456 e. The van der Waals surface area contributed by atoms with Gasteiger partial charge in [0.2, 0.25) is 11.8 Å². The molecule has 0 saturated heterocycles. The van der Waals surface area contributed by atoms with Crippen molar-refractivity contribution in [3.05, 3.63) is 53.6 Å². The Morgan fingerprint density at radius 3 is 2.07 bits per heavy atom. The van der Waals surface area contributed by atoms with Gasteiger partial charge in [0.1, 0.15) is 0 Å². The molecule has 29 heavy (non-hydrogen) atoms. The number of nitrogens with one attached hydrogen (secondary N) is 3. The number of carbonyl (C=O) groups is 4. The number of rotatable bonds is 8. The maximum atomic E-state index is 11.8. The third kappa shape index (κ3) is 8.44. The summed E-state index contributed by atoms with van der Waals surface area (Å²) in [4.78, 5) is 46.4. The Bertz CT molecular complexity index is 899. The molecule has 0 heterocycles. The van der Waals surface area contributed by atoms with Crippen molar-refractivity contribution in [1.82, 2.24) is 0 Å². The first kappa shape index (κ1) is 21.9. The minimum atomic E-state index is -0.664. The van der Waals surface area contributed by atoms with Crippen LogP contribution >= 0.6 is 11.6 Å². The number of halogens is 1. The van der Waals surface area contributed by atoms with E-state index in [1.165, 1.54) is 6.92 Å². The van der Waals surface area contributed by atoms with E-state index in [2.05, 4.69) is 16.0 Å². The van der Waals surface area contributed by atoms with E-state index in [-0.39, 0.29) is 24.7 Å². The normalized spacial score (nSPS) is 10.0. The molecular weight excluding hydrogens is 398 g/mol. The molecule has 3 N–H and O–H groups in total. The van der Waals surface area contributed by atoms with Gasteiger partial charge in [-0.2, -0.15) is 0 Å². The lowest BCUT2D eigenvalue weighted by atomic mass is 10.2. The predicted molar refractivity (Wildman–Crippen MR) is 110 cm³/mol. The van der Waals surface area contributed by atoms with Gasteiger partial charge in [-0.1, -0.05) is 17.7 Å². The van der Waals surface area contributed by atoms with Gasteiger partial charge in [0.05, 0.1) is 6.42 Å². The predicted octanol–water partition coefficient (Wildman–Crippen LogP) is 3.20. The van der Waals surface area contributed by atoms with Gasteiger partial charge in [-0.3, -0.25) is 19.2 Å². The van der Waals surface area contributed by atoms with Gasteiger partial charge in [-0.05, 0) is 42.5 Å². The van der Waals surface area contributed by atoms with Crippen LogP contribution in [0.1, 0.15) is 19.8 Å². The van der Waals surface area contributed by atoms with E-state index in [1.54, 1.807) is 48.5 Å². The molecule has 0 aliphatic rings. The van der Waals surface area contributed by atoms with Crippen molar-refractivity contribution in [3.8, 4) is 0 Å². The zero-order valence-electron chi connectivity index (χ0n) is 15.7. The number of ether oxygens (including phenoxy) is 1. The average molecular weight is 418 g/mol. The first-order chi connectivity index (χ1) is 13.8. The van der Waals surface area contributed by atoms with Crippen molar-refractivity contribution < 1.29 is 23.9 Å². The second-order valence-corrected chi connectivity index (χ2v) is 6.46. The SMILES string of the molecule is CC(=O)Nc1ccc(NC(=O)COC(=O)CCC(=O)Nc2cccc(Cl)c2)cc1. The Hall–Kier alpha value is -3.39. The van der Waals surface area contributed by atoms with Crippen LogP contribution in [0.4, 0.5) is 17.1 Å². The second kappa shape index (κ2) is 10.8. The zero-order chi connectivity index (χ0) is 21.2. The Morgan fingerprint density at radius 2 is 1.45 bits per heavy atom. The lowest BCUT2D eigenvalue weighted by molar-refractivity contribution is -0.147. The highest BCUT2D eigenvalue weighted by atomic mass is 35.5. The highest BCUT2D eigenvalue weighted by Crippen LogP contribution is 2.15. The molecule has 0 saturated carbocycles. The molecule has 0 bridgehead atoms. The van der Waals surface area contributed by atoms with E-state index >= 15 is 0 Å². The third-order valence-corrected chi connectivity index (χ3v) is 3.75. The molecule has 0 radical (unpaired) electrons. The van der Waals surface area contributed by atoms with Gasteiger partial charge in [-0.25, -0.2) is 0 Å². The van der Waals surface area contributed by atoms with Crippen LogP contribution in [-0.2, 0) is 23.9 Å². The fourth-order valence-corrected chi connectivity index (χ4v) is 2.45. The summed E-state index contributed by atoms with van der Waals surface area (Å²) in [5, 5.41) is 8.27. The summed E-state index contributed by atoms with van der Waals surface area (Å²) in [6.07, 6.45) is -0.247. The summed E-state index contributed by atoms with van der Waals surface area (Å²) in [6.45, 7) is 0.924. The summed E-state index contributed by atoms with van der Waals surface area (Å²) in [5.41, 5.74) is 1.61. The maximum absolute atomic E-state index is 11.8. The molecule has 152 valence electrons. The highest BCUT2D eigenvalue weighted by molar-refractivity contribution is 6.30. The Morgan fingerprint density at radius 1 is 0.828 bits per heavy atom. The third-order valence-electron chi connectivity index (χ3n) is 3.52. The zero-order valence-corrected chi connectivity index (χ0v) is 16.4. The molecule has 9 heteroatoms. The molecule has 2 rings (SSSR count). The van der Waals surface area contributed by atoms with Gasteiger partial charge in [-0.15, -0.1) is 0 Å². The van der Waals surface area contributed by atoms with Gasteiger partial charge in [0.25, 0.3) is 5.91 Å². The van der Waals surface area contributed by atoms with E-state index < -0.39 is 18.5 Å². The topological polar surface area (TPSA) is 114 Å². The van der Waals surface area contributed by atoms with Crippen LogP contribution in [0.25, 0.3) is 0 Å². The molecule has 0 unspecified atom stereocenters. The van der Waals surface area contributed by atoms with Crippen LogP contribution in [-0.4, -0.2) is 30.3 Å². The number of hydrogen-bond donors (Lipinski definition) is 3. The molecule has 0 aliphatic heterocycles. The van der Waals surface area contributed by atoms with Crippen molar-refractivity contribution in [2.75, 3.05) is 22.6 Å². The molecule has 8 nitrogen and oxygen atoms in total. The lowest BCUT2D eigenvalue weighted by Crippen LogP contribution is -2.21. The molecule has 0 atom stereocenters. The number of esters is 1. The van der Waals surface area contributed by atoms with E-state index in [1.807, 2.05) is 0 Å². The number of anilines is 3. The van der Waals surface area contributed by atoms with Gasteiger partial charge in [0.15, 0.2) is 6.61 Å². The Kier molecular flexibility index (Phi) is 8.17. The van der Waals surface area contributed by atoms with Gasteiger partial charge >= 0.3 is 5.97 Å². The van der Waals surface area contributed by atoms with Crippen molar-refractivity contribution in [1.29, 1.82) is 0 Å². The van der Waals surface area contributed by atoms with E-state index in [9.17, 15) is 19.2 Å². The molecule has 2 aromatic rings. The first-order valence-electron chi connectivity index (χ1n) is 8.70. The second-order valence-electron chi connectivity index (χ2n) is 6.03. The number of amides is 3. The number of benzene rings is 2. The van der Waals surface area contributed by atoms with E-state index in [0.717, 1.165) is 0 Å².